The van der Waals surface area contributed by atoms with Crippen LogP contribution >= 0.6 is 0 Å². The van der Waals surface area contributed by atoms with Crippen molar-refractivity contribution in [2.24, 2.45) is 0 Å². The molecule has 0 N–H and O–H groups in total. The van der Waals surface area contributed by atoms with Gasteiger partial charge in [0, 0.05) is 18.3 Å². The number of hydrogen-bond acceptors (Lipinski definition) is 4. The minimum Gasteiger partial charge on any atom is -0.538 e. The van der Waals surface area contributed by atoms with Crippen LogP contribution in [0.25, 0.3) is 0 Å². The second-order valence-corrected chi connectivity index (χ2v) is 6.14. The maximum absolute atomic E-state index is 13.0. The molecule has 0 radical (unpaired) electrons. The average molecular weight is 341 g/mol. The van der Waals surface area contributed by atoms with Gasteiger partial charge in [-0.1, -0.05) is 12.1 Å². The van der Waals surface area contributed by atoms with E-state index in [0.717, 1.165) is 6.07 Å². The third kappa shape index (κ3) is 6.77. The zero-order valence-corrected chi connectivity index (χ0v) is 15.3. The Morgan fingerprint density at radius 1 is 0.875 bits per heavy atom. The van der Waals surface area contributed by atoms with Crippen LogP contribution in [0.5, 0.6) is 0 Å². The summed E-state index contributed by atoms with van der Waals surface area (Å²) < 4.78 is 56.3. The topological polar surface area (TPSA) is 40.6 Å². The summed E-state index contributed by atoms with van der Waals surface area (Å²) in [6.07, 6.45) is -5.50. The van der Waals surface area contributed by atoms with Crippen LogP contribution in [0.2, 0.25) is 0 Å². The molecular weight excluding hydrogens is 317 g/mol. The van der Waals surface area contributed by atoms with Crippen molar-refractivity contribution >= 4 is 12.3 Å². The van der Waals surface area contributed by atoms with Crippen LogP contribution in [0.3, 0.4) is 0 Å². The SMILES string of the molecule is CC(C)O[B-](OC(C)C)(OC(C)C)c1cccc(C(F)(F)F)n1.[Li+]. The first kappa shape index (κ1) is 23.5. The fraction of sp³-hybridized carbons (Fsp3) is 0.667. The second kappa shape index (κ2) is 9.25. The van der Waals surface area contributed by atoms with Crippen LogP contribution < -0.4 is 24.5 Å². The van der Waals surface area contributed by atoms with Crippen LogP contribution in [0, 0.1) is 0 Å². The Bertz CT molecular complexity index is 486. The van der Waals surface area contributed by atoms with Gasteiger partial charge in [-0.25, -0.2) is 0 Å². The van der Waals surface area contributed by atoms with Gasteiger partial charge in [0.1, 0.15) is 5.69 Å². The number of aromatic nitrogens is 1. The van der Waals surface area contributed by atoms with Crippen LogP contribution in [-0.4, -0.2) is 30.1 Å². The van der Waals surface area contributed by atoms with Crippen molar-refractivity contribution in [3.05, 3.63) is 23.9 Å². The smallest absolute Gasteiger partial charge is 0.538 e. The minimum absolute atomic E-state index is 0. The molecule has 132 valence electrons. The Morgan fingerprint density at radius 2 is 1.29 bits per heavy atom. The molecule has 0 aromatic carbocycles. The van der Waals surface area contributed by atoms with Crippen LogP contribution in [0.1, 0.15) is 47.2 Å². The second-order valence-electron chi connectivity index (χ2n) is 6.14. The number of rotatable bonds is 7. The Morgan fingerprint density at radius 3 is 1.62 bits per heavy atom. The zero-order chi connectivity index (χ0) is 17.8. The molecule has 0 atom stereocenters. The predicted molar refractivity (Wildman–Crippen MR) is 83.3 cm³/mol. The molecule has 1 aromatic heterocycles. The van der Waals surface area contributed by atoms with Crippen LogP contribution in [0.4, 0.5) is 13.2 Å². The largest absolute Gasteiger partial charge is 1.00 e. The van der Waals surface area contributed by atoms with E-state index in [1.54, 1.807) is 41.5 Å². The quantitative estimate of drug-likeness (QED) is 0.679. The molecule has 1 rings (SSSR count). The first-order chi connectivity index (χ1) is 10.5. The maximum Gasteiger partial charge on any atom is 1.00 e. The zero-order valence-electron chi connectivity index (χ0n) is 15.3. The molecule has 0 spiro atoms. The number of halogens is 3. The van der Waals surface area contributed by atoms with Gasteiger partial charge in [0.15, 0.2) is 0 Å². The Labute approximate surface area is 153 Å². The van der Waals surface area contributed by atoms with Crippen molar-refractivity contribution in [1.82, 2.24) is 4.98 Å². The van der Waals surface area contributed by atoms with Gasteiger partial charge in [0.2, 0.25) is 0 Å². The summed E-state index contributed by atoms with van der Waals surface area (Å²) in [4.78, 5) is 3.70. The number of alkyl halides is 3. The summed E-state index contributed by atoms with van der Waals surface area (Å²) in [7, 11) is 0. The Balaban J connectivity index is 0.00000529. The minimum atomic E-state index is -4.55. The van der Waals surface area contributed by atoms with Gasteiger partial charge in [-0.05, 0) is 53.2 Å². The molecule has 0 saturated carbocycles. The maximum atomic E-state index is 13.0. The van der Waals surface area contributed by atoms with E-state index in [1.165, 1.54) is 12.1 Å². The van der Waals surface area contributed by atoms with E-state index in [0.29, 0.717) is 0 Å². The third-order valence-electron chi connectivity index (χ3n) is 2.78. The molecule has 1 aromatic rings. The third-order valence-corrected chi connectivity index (χ3v) is 2.78. The van der Waals surface area contributed by atoms with E-state index in [1.807, 2.05) is 0 Å². The molecule has 1 heterocycles. The van der Waals surface area contributed by atoms with Gasteiger partial charge in [0.05, 0.1) is 0 Å². The Kier molecular flexibility index (Phi) is 9.06. The first-order valence-corrected chi connectivity index (χ1v) is 7.68. The number of nitrogens with zero attached hydrogens (tertiary/aromatic N) is 1. The van der Waals surface area contributed by atoms with Gasteiger partial charge in [-0.15, -0.1) is 0 Å². The normalized spacial score (nSPS) is 12.8. The first-order valence-electron chi connectivity index (χ1n) is 7.68. The van der Waals surface area contributed by atoms with E-state index < -0.39 is 18.6 Å². The van der Waals surface area contributed by atoms with Gasteiger partial charge in [-0.2, -0.15) is 13.2 Å². The molecule has 0 fully saturated rings. The molecular formula is C15H24BF3LiNO3. The molecule has 24 heavy (non-hydrogen) atoms. The molecule has 0 aliphatic rings. The fourth-order valence-corrected chi connectivity index (χ4v) is 2.19. The fourth-order valence-electron chi connectivity index (χ4n) is 2.19. The molecule has 0 aliphatic carbocycles. The number of hydrogen-bond donors (Lipinski definition) is 0. The van der Waals surface area contributed by atoms with E-state index >= 15 is 0 Å². The van der Waals surface area contributed by atoms with Crippen molar-refractivity contribution < 1.29 is 46.0 Å². The molecule has 9 heteroatoms. The van der Waals surface area contributed by atoms with Gasteiger partial charge in [-0.3, -0.25) is 4.98 Å². The van der Waals surface area contributed by atoms with Gasteiger partial charge >= 0.3 is 31.8 Å². The molecule has 0 saturated heterocycles. The summed E-state index contributed by atoms with van der Waals surface area (Å²) in [6, 6.07) is 3.62. The molecule has 0 unspecified atom stereocenters. The monoisotopic (exact) mass is 341 g/mol. The summed E-state index contributed by atoms with van der Waals surface area (Å²) >= 11 is 0. The molecule has 0 amide bonds. The van der Waals surface area contributed by atoms with Gasteiger partial charge < -0.3 is 14.0 Å². The Hall–Kier alpha value is -0.518. The summed E-state index contributed by atoms with van der Waals surface area (Å²) in [5.41, 5.74) is -1.01. The summed E-state index contributed by atoms with van der Waals surface area (Å²) in [5, 5.41) is 0. The van der Waals surface area contributed by atoms with Crippen molar-refractivity contribution in [3.63, 3.8) is 0 Å². The average Bonchev–Trinajstić information content (AvgIpc) is 2.35. The van der Waals surface area contributed by atoms with Crippen LogP contribution in [-0.2, 0) is 20.1 Å². The van der Waals surface area contributed by atoms with E-state index in [9.17, 15) is 13.2 Å². The van der Waals surface area contributed by atoms with E-state index in [4.69, 9.17) is 14.0 Å². The predicted octanol–water partition coefficient (Wildman–Crippen LogP) is 0.525. The molecule has 0 bridgehead atoms. The van der Waals surface area contributed by atoms with Crippen molar-refractivity contribution in [2.45, 2.75) is 66.0 Å². The standard InChI is InChI=1S/C15H24BF3NO3.Li/c1-10(2)21-16(22-11(3)4,23-12(5)6)14-9-7-8-13(20-14)15(17,18)19;/h7-12H,1-6H3;/q-1;+1. The van der Waals surface area contributed by atoms with Crippen molar-refractivity contribution in [2.75, 3.05) is 0 Å². The van der Waals surface area contributed by atoms with E-state index in [2.05, 4.69) is 4.98 Å². The van der Waals surface area contributed by atoms with Crippen LogP contribution in [0.15, 0.2) is 18.2 Å². The summed E-state index contributed by atoms with van der Waals surface area (Å²) in [6.45, 7) is 7.97. The van der Waals surface area contributed by atoms with E-state index in [-0.39, 0.29) is 42.8 Å². The number of pyridine rings is 1. The summed E-state index contributed by atoms with van der Waals surface area (Å²) in [5.74, 6) is 0. The van der Waals surface area contributed by atoms with Gasteiger partial charge in [0.25, 0.3) is 0 Å². The van der Waals surface area contributed by atoms with Crippen molar-refractivity contribution in [1.29, 1.82) is 0 Å². The molecule has 0 aliphatic heterocycles. The molecule has 4 nitrogen and oxygen atoms in total. The van der Waals surface area contributed by atoms with Crippen molar-refractivity contribution in [3.8, 4) is 0 Å².